The van der Waals surface area contributed by atoms with Crippen molar-refractivity contribution in [3.63, 3.8) is 0 Å². The minimum Gasteiger partial charge on any atom is -0.497 e. The number of amides is 1. The summed E-state index contributed by atoms with van der Waals surface area (Å²) in [5.41, 5.74) is 4.53. The van der Waals surface area contributed by atoms with Crippen LogP contribution in [0, 0.1) is 6.92 Å². The van der Waals surface area contributed by atoms with E-state index in [9.17, 15) is 4.79 Å². The van der Waals surface area contributed by atoms with E-state index < -0.39 is 0 Å². The van der Waals surface area contributed by atoms with Gasteiger partial charge in [-0.2, -0.15) is 0 Å². The Labute approximate surface area is 169 Å². The van der Waals surface area contributed by atoms with Crippen LogP contribution < -0.4 is 10.1 Å². The first-order chi connectivity index (χ1) is 14.1. The highest BCUT2D eigenvalue weighted by Crippen LogP contribution is 2.24. The number of aromatic nitrogens is 2. The minimum absolute atomic E-state index is 0.195. The second-order valence-electron chi connectivity index (χ2n) is 6.63. The monoisotopic (exact) mass is 383 g/mol. The number of anilines is 1. The van der Waals surface area contributed by atoms with E-state index in [1.54, 1.807) is 13.2 Å². The van der Waals surface area contributed by atoms with Gasteiger partial charge in [-0.05, 0) is 61.0 Å². The van der Waals surface area contributed by atoms with Crippen LogP contribution in [0.5, 0.6) is 5.75 Å². The van der Waals surface area contributed by atoms with Gasteiger partial charge in [-0.15, -0.1) is 0 Å². The van der Waals surface area contributed by atoms with Crippen LogP contribution in [0.4, 0.5) is 5.69 Å². The van der Waals surface area contributed by atoms with Crippen LogP contribution in [0.25, 0.3) is 22.8 Å². The largest absolute Gasteiger partial charge is 0.497 e. The summed E-state index contributed by atoms with van der Waals surface area (Å²) in [5, 5.41) is 2.90. The van der Waals surface area contributed by atoms with E-state index in [2.05, 4.69) is 14.9 Å². The quantitative estimate of drug-likeness (QED) is 0.494. The van der Waals surface area contributed by atoms with Gasteiger partial charge < -0.3 is 10.1 Å². The number of hydrogen-bond donors (Lipinski definition) is 1. The molecule has 0 aliphatic rings. The molecule has 3 aromatic carbocycles. The van der Waals surface area contributed by atoms with Gasteiger partial charge in [0.15, 0.2) is 0 Å². The van der Waals surface area contributed by atoms with Crippen molar-refractivity contribution in [2.24, 2.45) is 0 Å². The number of carbonyl (C=O) groups is 1. The molecule has 1 N–H and O–H groups in total. The lowest BCUT2D eigenvalue weighted by molar-refractivity contribution is -0.111. The minimum atomic E-state index is -0.195. The molecule has 0 saturated heterocycles. The molecular weight excluding hydrogens is 362 g/mol. The number of methoxy groups -OCH3 is 1. The summed E-state index contributed by atoms with van der Waals surface area (Å²) in [6, 6.07) is 23.4. The first-order valence-electron chi connectivity index (χ1n) is 9.32. The van der Waals surface area contributed by atoms with E-state index in [1.165, 1.54) is 6.08 Å². The van der Waals surface area contributed by atoms with Gasteiger partial charge in [-0.25, -0.2) is 4.98 Å². The molecule has 0 spiro atoms. The van der Waals surface area contributed by atoms with E-state index in [0.717, 1.165) is 33.9 Å². The number of rotatable bonds is 5. The number of nitrogens with zero attached hydrogens (tertiary/aromatic N) is 2. The summed E-state index contributed by atoms with van der Waals surface area (Å²) in [7, 11) is 1.62. The molecule has 4 aromatic rings. The molecule has 1 aromatic heterocycles. The molecule has 0 aliphatic carbocycles. The van der Waals surface area contributed by atoms with E-state index >= 15 is 0 Å². The molecule has 0 saturated carbocycles. The first kappa shape index (κ1) is 18.5. The Morgan fingerprint density at radius 2 is 1.79 bits per heavy atom. The summed E-state index contributed by atoms with van der Waals surface area (Å²) in [5.74, 6) is 1.48. The summed E-state index contributed by atoms with van der Waals surface area (Å²) in [6.07, 6.45) is 3.28. The highest BCUT2D eigenvalue weighted by molar-refractivity contribution is 6.02. The first-order valence-corrected chi connectivity index (χ1v) is 9.32. The zero-order valence-corrected chi connectivity index (χ0v) is 16.3. The summed E-state index contributed by atoms with van der Waals surface area (Å²) in [4.78, 5) is 16.9. The van der Waals surface area contributed by atoms with Crippen LogP contribution in [0.3, 0.4) is 0 Å². The number of aryl methyl sites for hydroxylation is 1. The number of imidazole rings is 1. The molecule has 0 atom stereocenters. The number of ether oxygens (including phenoxy) is 1. The topological polar surface area (TPSA) is 56.1 Å². The van der Waals surface area contributed by atoms with Crippen molar-refractivity contribution in [2.75, 3.05) is 12.4 Å². The zero-order valence-electron chi connectivity index (χ0n) is 16.3. The van der Waals surface area contributed by atoms with E-state index in [4.69, 9.17) is 4.74 Å². The van der Waals surface area contributed by atoms with Gasteiger partial charge in [0, 0.05) is 17.5 Å². The lowest BCUT2D eigenvalue weighted by atomic mass is 10.2. The molecule has 0 aliphatic heterocycles. The van der Waals surface area contributed by atoms with Gasteiger partial charge in [0.1, 0.15) is 11.6 Å². The Hall–Kier alpha value is -3.86. The van der Waals surface area contributed by atoms with Gasteiger partial charge in [-0.1, -0.05) is 30.3 Å². The Morgan fingerprint density at radius 1 is 1.03 bits per heavy atom. The number of fused-ring (bicyclic) bond motifs is 1. The van der Waals surface area contributed by atoms with Gasteiger partial charge in [0.25, 0.3) is 0 Å². The fraction of sp³-hybridized carbons (Fsp3) is 0.0833. The summed E-state index contributed by atoms with van der Waals surface area (Å²) in [6.45, 7) is 1.98. The molecular formula is C24H21N3O2. The van der Waals surface area contributed by atoms with Gasteiger partial charge in [-0.3, -0.25) is 9.36 Å². The van der Waals surface area contributed by atoms with E-state index in [0.29, 0.717) is 5.69 Å². The van der Waals surface area contributed by atoms with Gasteiger partial charge in [0.05, 0.1) is 18.1 Å². The van der Waals surface area contributed by atoms with Gasteiger partial charge in [0.2, 0.25) is 5.91 Å². The average molecular weight is 383 g/mol. The maximum absolute atomic E-state index is 12.3. The van der Waals surface area contributed by atoms with Crippen LogP contribution in [0.2, 0.25) is 0 Å². The highest BCUT2D eigenvalue weighted by Gasteiger charge is 2.10. The number of nitrogens with one attached hydrogen (secondary N) is 1. The average Bonchev–Trinajstić information content (AvgIpc) is 3.08. The number of para-hydroxylation sites is 1. The molecule has 5 heteroatoms. The lowest BCUT2D eigenvalue weighted by Crippen LogP contribution is -2.07. The lowest BCUT2D eigenvalue weighted by Gasteiger charge is -2.07. The van der Waals surface area contributed by atoms with Crippen molar-refractivity contribution in [3.8, 4) is 11.4 Å². The predicted molar refractivity (Wildman–Crippen MR) is 116 cm³/mol. The molecule has 0 bridgehead atoms. The third-order valence-electron chi connectivity index (χ3n) is 4.65. The third kappa shape index (κ3) is 4.04. The fourth-order valence-corrected chi connectivity index (χ4v) is 3.25. The second kappa shape index (κ2) is 8.02. The zero-order chi connectivity index (χ0) is 20.2. The van der Waals surface area contributed by atoms with Crippen molar-refractivity contribution < 1.29 is 9.53 Å². The number of carbonyl (C=O) groups excluding carboxylic acids is 1. The molecule has 0 fully saturated rings. The van der Waals surface area contributed by atoms with Crippen molar-refractivity contribution >= 4 is 28.7 Å². The Kier molecular flexibility index (Phi) is 5.12. The van der Waals surface area contributed by atoms with Crippen molar-refractivity contribution in [2.45, 2.75) is 6.92 Å². The molecule has 5 nitrogen and oxygen atoms in total. The predicted octanol–water partition coefficient (Wildman–Crippen LogP) is 4.99. The normalized spacial score (nSPS) is 11.1. The maximum Gasteiger partial charge on any atom is 0.248 e. The molecule has 1 heterocycles. The standard InChI is InChI=1S/C24H21N3O2/c1-17-25-22-16-19(11-14-23(22)27(17)20-6-4-3-5-7-20)26-24(28)15-10-18-8-12-21(29-2)13-9-18/h3-16H,1-2H3,(H,26,28). The van der Waals surface area contributed by atoms with Crippen molar-refractivity contribution in [1.29, 1.82) is 0 Å². The molecule has 0 unspecified atom stereocenters. The SMILES string of the molecule is COc1ccc(C=CC(=O)Nc2ccc3c(c2)nc(C)n3-c2ccccc2)cc1. The van der Waals surface area contributed by atoms with E-state index in [1.807, 2.05) is 79.7 Å². The maximum atomic E-state index is 12.3. The van der Waals surface area contributed by atoms with Crippen LogP contribution in [0.1, 0.15) is 11.4 Å². The Morgan fingerprint density at radius 3 is 2.52 bits per heavy atom. The number of hydrogen-bond acceptors (Lipinski definition) is 3. The smallest absolute Gasteiger partial charge is 0.248 e. The Balaban J connectivity index is 1.52. The summed E-state index contributed by atoms with van der Waals surface area (Å²) >= 11 is 0. The second-order valence-corrected chi connectivity index (χ2v) is 6.63. The fourth-order valence-electron chi connectivity index (χ4n) is 3.25. The highest BCUT2D eigenvalue weighted by atomic mass is 16.5. The van der Waals surface area contributed by atoms with Gasteiger partial charge >= 0.3 is 0 Å². The molecule has 29 heavy (non-hydrogen) atoms. The number of benzene rings is 3. The van der Waals surface area contributed by atoms with Crippen LogP contribution in [0.15, 0.2) is 78.9 Å². The Bertz CT molecular complexity index is 1180. The van der Waals surface area contributed by atoms with Crippen LogP contribution in [-0.4, -0.2) is 22.6 Å². The molecule has 0 radical (unpaired) electrons. The van der Waals surface area contributed by atoms with Crippen LogP contribution in [-0.2, 0) is 4.79 Å². The summed E-state index contributed by atoms with van der Waals surface area (Å²) < 4.78 is 7.24. The molecule has 1 amide bonds. The molecule has 4 rings (SSSR count). The van der Waals surface area contributed by atoms with E-state index in [-0.39, 0.29) is 5.91 Å². The van der Waals surface area contributed by atoms with Crippen LogP contribution >= 0.6 is 0 Å². The van der Waals surface area contributed by atoms with Crippen molar-refractivity contribution in [1.82, 2.24) is 9.55 Å². The molecule has 144 valence electrons. The van der Waals surface area contributed by atoms with Crippen molar-refractivity contribution in [3.05, 3.63) is 90.3 Å². The third-order valence-corrected chi connectivity index (χ3v) is 4.65.